The van der Waals surface area contributed by atoms with Gasteiger partial charge in [0.15, 0.2) is 5.52 Å². The van der Waals surface area contributed by atoms with E-state index in [0.717, 1.165) is 33.2 Å². The average molecular weight is 340 g/mol. The number of pyridine rings is 1. The third-order valence-electron chi connectivity index (χ3n) is 5.26. The number of aryl methyl sites for hydroxylation is 1. The van der Waals surface area contributed by atoms with Crippen LogP contribution in [0.25, 0.3) is 39.1 Å². The van der Waals surface area contributed by atoms with Crippen LogP contribution in [0.15, 0.2) is 73.1 Å². The zero-order chi connectivity index (χ0) is 19.8. The highest BCUT2D eigenvalue weighted by Gasteiger charge is 2.35. The van der Waals surface area contributed by atoms with E-state index < -0.39 is 6.98 Å². The van der Waals surface area contributed by atoms with E-state index in [1.165, 1.54) is 4.57 Å². The minimum atomic E-state index is -2.33. The van der Waals surface area contributed by atoms with E-state index in [9.17, 15) is 0 Å². The van der Waals surface area contributed by atoms with Gasteiger partial charge in [0.1, 0.15) is 11.2 Å². The molecule has 6 rings (SSSR count). The van der Waals surface area contributed by atoms with Crippen LogP contribution in [0.1, 0.15) is 9.68 Å². The first kappa shape index (κ1) is 11.3. The van der Waals surface area contributed by atoms with E-state index in [2.05, 4.69) is 20.2 Å². The molecule has 0 spiro atoms. The van der Waals surface area contributed by atoms with Gasteiger partial charge < -0.3 is 0 Å². The number of fused-ring (bicyclic) bond motifs is 7. The summed E-state index contributed by atoms with van der Waals surface area (Å²) in [5.74, 6) is 0.711. The Morgan fingerprint density at radius 1 is 1.04 bits per heavy atom. The average Bonchev–Trinajstić information content (AvgIpc) is 3.34. The molecule has 0 N–H and O–H groups in total. The minimum Gasteiger partial charge on any atom is -0.264 e. The Labute approximate surface area is 154 Å². The lowest BCUT2D eigenvalue weighted by molar-refractivity contribution is -0.636. The molecular weight excluding hydrogens is 320 g/mol. The molecule has 2 aromatic carbocycles. The monoisotopic (exact) mass is 340 g/mol. The van der Waals surface area contributed by atoms with Crippen molar-refractivity contribution in [3.63, 3.8) is 0 Å². The van der Waals surface area contributed by atoms with Gasteiger partial charge in [-0.15, -0.1) is 0 Å². The highest BCUT2D eigenvalue weighted by molar-refractivity contribution is 6.06. The fourth-order valence-electron chi connectivity index (χ4n) is 4.21. The largest absolute Gasteiger partial charge is 0.274 e. The molecule has 4 heterocycles. The van der Waals surface area contributed by atoms with Crippen LogP contribution in [0.3, 0.4) is 0 Å². The van der Waals surface area contributed by atoms with Gasteiger partial charge in [-0.2, -0.15) is 0 Å². The van der Waals surface area contributed by atoms with Crippen LogP contribution in [0, 0.1) is 0 Å². The molecule has 0 atom stereocenters. The normalized spacial score (nSPS) is 14.8. The van der Waals surface area contributed by atoms with Crippen molar-refractivity contribution in [3.05, 3.63) is 78.6 Å². The van der Waals surface area contributed by atoms with E-state index >= 15 is 0 Å². The van der Waals surface area contributed by atoms with Gasteiger partial charge in [-0.1, -0.05) is 30.3 Å². The van der Waals surface area contributed by atoms with E-state index in [1.807, 2.05) is 60.8 Å². The van der Waals surface area contributed by atoms with Crippen molar-refractivity contribution >= 4 is 22.1 Å². The topological polar surface area (TPSA) is 26.6 Å². The fraction of sp³-hybridized carbons (Fsp3) is 0.0909. The van der Waals surface area contributed by atoms with Crippen molar-refractivity contribution < 1.29 is 8.68 Å². The lowest BCUT2D eigenvalue weighted by atomic mass is 10.2. The molecule has 0 radical (unpaired) electrons. The van der Waals surface area contributed by atoms with Crippen molar-refractivity contribution in [2.24, 2.45) is 6.98 Å². The van der Waals surface area contributed by atoms with Gasteiger partial charge in [-0.3, -0.25) is 4.98 Å². The summed E-state index contributed by atoms with van der Waals surface area (Å²) < 4.78 is 30.8. The summed E-state index contributed by atoms with van der Waals surface area (Å²) >= 11 is 0. The Balaban J connectivity index is 1.88. The van der Waals surface area contributed by atoms with Crippen molar-refractivity contribution in [2.75, 3.05) is 0 Å². The molecular formula is C22H17N4+. The number of hydrogen-bond donors (Lipinski definition) is 0. The fourth-order valence-corrected chi connectivity index (χ4v) is 4.21. The molecule has 4 heteroatoms. The van der Waals surface area contributed by atoms with Crippen LogP contribution in [0.2, 0.25) is 0 Å². The van der Waals surface area contributed by atoms with Gasteiger partial charge in [-0.25, -0.2) is 13.7 Å². The van der Waals surface area contributed by atoms with Gasteiger partial charge in [0.2, 0.25) is 5.82 Å². The van der Waals surface area contributed by atoms with Gasteiger partial charge in [-0.05, 0) is 30.3 Å². The molecule has 124 valence electrons. The summed E-state index contributed by atoms with van der Waals surface area (Å²) in [4.78, 5) is 4.24. The van der Waals surface area contributed by atoms with E-state index in [0.29, 0.717) is 18.0 Å². The summed E-state index contributed by atoms with van der Waals surface area (Å²) in [7, 11) is 0. The van der Waals surface area contributed by atoms with E-state index in [-0.39, 0.29) is 0 Å². The molecule has 4 nitrogen and oxygen atoms in total. The van der Waals surface area contributed by atoms with Gasteiger partial charge in [0, 0.05) is 18.0 Å². The number of imidazole rings is 1. The van der Waals surface area contributed by atoms with Crippen LogP contribution < -0.4 is 4.57 Å². The Bertz CT molecular complexity index is 1410. The number of para-hydroxylation sites is 2. The predicted octanol–water partition coefficient (Wildman–Crippen LogP) is 3.83. The molecule has 0 saturated heterocycles. The van der Waals surface area contributed by atoms with Crippen LogP contribution in [-0.4, -0.2) is 14.1 Å². The highest BCUT2D eigenvalue weighted by Crippen LogP contribution is 2.38. The maximum Gasteiger partial charge on any atom is 0.274 e. The van der Waals surface area contributed by atoms with Crippen molar-refractivity contribution in [3.8, 4) is 17.1 Å². The quantitative estimate of drug-likeness (QED) is 0.418. The maximum atomic E-state index is 8.37. The third-order valence-corrected chi connectivity index (χ3v) is 5.26. The minimum absolute atomic E-state index is 0.612. The standard InChI is InChI=1S/C22H17N4/c1-24-21-17-11-12-23-13-15(17)14-25(21)20-18-9-5-6-10-19(18)26(22(20)24)16-7-3-2-4-8-16/h2-13H,14H2,1H3/q+1/i1D3. The molecule has 0 unspecified atom stereocenters. The summed E-state index contributed by atoms with van der Waals surface area (Å²) in [6.45, 7) is -1.72. The molecule has 3 aromatic heterocycles. The Morgan fingerprint density at radius 3 is 2.77 bits per heavy atom. The molecule has 1 aliphatic rings. The first-order valence-electron chi connectivity index (χ1n) is 10.1. The zero-order valence-electron chi connectivity index (χ0n) is 16.9. The summed E-state index contributed by atoms with van der Waals surface area (Å²) in [5.41, 5.74) is 5.53. The van der Waals surface area contributed by atoms with Crippen molar-refractivity contribution in [2.45, 2.75) is 6.54 Å². The number of hydrogen-bond acceptors (Lipinski definition) is 1. The number of aromatic nitrogens is 4. The predicted molar refractivity (Wildman–Crippen MR) is 102 cm³/mol. The lowest BCUT2D eigenvalue weighted by Crippen LogP contribution is -2.31. The molecule has 0 fully saturated rings. The second-order valence-electron chi connectivity index (χ2n) is 6.64. The molecule has 0 aliphatic carbocycles. The van der Waals surface area contributed by atoms with Gasteiger partial charge >= 0.3 is 0 Å². The molecule has 0 saturated carbocycles. The summed E-state index contributed by atoms with van der Waals surface area (Å²) in [5, 5.41) is 1.04. The van der Waals surface area contributed by atoms with Crippen LogP contribution >= 0.6 is 0 Å². The highest BCUT2D eigenvalue weighted by atomic mass is 15.2. The van der Waals surface area contributed by atoms with Crippen LogP contribution in [0.5, 0.6) is 0 Å². The first-order chi connectivity index (χ1) is 14.1. The number of nitrogens with zero attached hydrogens (tertiary/aromatic N) is 4. The molecule has 26 heavy (non-hydrogen) atoms. The van der Waals surface area contributed by atoms with Gasteiger partial charge in [0.25, 0.3) is 5.65 Å². The van der Waals surface area contributed by atoms with Gasteiger partial charge in [0.05, 0.1) is 28.6 Å². The zero-order valence-corrected chi connectivity index (χ0v) is 13.9. The SMILES string of the molecule is [2H]C([2H])([2H])[n+]1c2n(c3c4ccccc4n(-c4ccccc4)c31)Cc1cnccc1-2. The second-order valence-corrected chi connectivity index (χ2v) is 6.64. The smallest absolute Gasteiger partial charge is 0.264 e. The van der Waals surface area contributed by atoms with E-state index in [4.69, 9.17) is 4.11 Å². The Morgan fingerprint density at radius 2 is 1.88 bits per heavy atom. The third kappa shape index (κ3) is 1.59. The summed E-state index contributed by atoms with van der Waals surface area (Å²) in [6.07, 6.45) is 3.55. The maximum absolute atomic E-state index is 8.37. The molecule has 5 aromatic rings. The number of rotatable bonds is 1. The lowest BCUT2D eigenvalue weighted by Gasteiger charge is -2.03. The number of benzene rings is 2. The van der Waals surface area contributed by atoms with Crippen molar-refractivity contribution in [1.29, 1.82) is 0 Å². The first-order valence-corrected chi connectivity index (χ1v) is 8.62. The molecule has 0 amide bonds. The second kappa shape index (κ2) is 4.82. The van der Waals surface area contributed by atoms with Crippen LogP contribution in [-0.2, 0) is 13.5 Å². The van der Waals surface area contributed by atoms with E-state index in [1.54, 1.807) is 6.20 Å². The Kier molecular flexibility index (Phi) is 2.09. The molecule has 0 bridgehead atoms. The molecule has 1 aliphatic heterocycles. The summed E-state index contributed by atoms with van der Waals surface area (Å²) in [6, 6.07) is 19.9. The van der Waals surface area contributed by atoms with Crippen molar-refractivity contribution in [1.82, 2.24) is 14.1 Å². The van der Waals surface area contributed by atoms with Crippen LogP contribution in [0.4, 0.5) is 0 Å². The Hall–Kier alpha value is -3.40.